The van der Waals surface area contributed by atoms with Gasteiger partial charge < -0.3 is 15.4 Å². The fourth-order valence-corrected chi connectivity index (χ4v) is 5.17. The second kappa shape index (κ2) is 13.3. The first-order chi connectivity index (χ1) is 15.8. The minimum Gasteiger partial charge on any atom is -0.381 e. The number of hydrogen-bond acceptors (Lipinski definition) is 3. The van der Waals surface area contributed by atoms with Crippen molar-refractivity contribution in [1.82, 2.24) is 15.5 Å². The third-order valence-corrected chi connectivity index (χ3v) is 7.12. The van der Waals surface area contributed by atoms with Crippen LogP contribution in [0.15, 0.2) is 65.7 Å². The van der Waals surface area contributed by atoms with Crippen molar-refractivity contribution < 1.29 is 4.74 Å². The van der Waals surface area contributed by atoms with E-state index in [0.717, 1.165) is 51.5 Å². The summed E-state index contributed by atoms with van der Waals surface area (Å²) in [5.74, 6) is 1.27. The number of nitrogens with one attached hydrogen (secondary N) is 2. The molecule has 1 atom stereocenters. The highest BCUT2D eigenvalue weighted by Crippen LogP contribution is 2.30. The van der Waals surface area contributed by atoms with E-state index in [1.54, 1.807) is 0 Å². The molecule has 5 nitrogen and oxygen atoms in total. The van der Waals surface area contributed by atoms with Crippen molar-refractivity contribution in [2.45, 2.75) is 43.6 Å². The van der Waals surface area contributed by atoms with Crippen molar-refractivity contribution in [3.05, 3.63) is 71.8 Å². The molecule has 0 spiro atoms. The zero-order chi connectivity index (χ0) is 22.1. The van der Waals surface area contributed by atoms with Crippen molar-refractivity contribution in [2.24, 2.45) is 4.99 Å². The lowest BCUT2D eigenvalue weighted by Crippen LogP contribution is -2.58. The third kappa shape index (κ3) is 7.17. The van der Waals surface area contributed by atoms with Crippen LogP contribution in [0.3, 0.4) is 0 Å². The molecule has 2 heterocycles. The first-order valence-electron chi connectivity index (χ1n) is 12.2. The second-order valence-corrected chi connectivity index (χ2v) is 9.13. The summed E-state index contributed by atoms with van der Waals surface area (Å²) in [7, 11) is 1.87. The van der Waals surface area contributed by atoms with Crippen LogP contribution in [-0.2, 0) is 11.2 Å². The van der Waals surface area contributed by atoms with Gasteiger partial charge in [-0.2, -0.15) is 0 Å². The van der Waals surface area contributed by atoms with Crippen LogP contribution in [0.25, 0.3) is 0 Å². The van der Waals surface area contributed by atoms with Gasteiger partial charge in [0.15, 0.2) is 5.96 Å². The van der Waals surface area contributed by atoms with E-state index in [4.69, 9.17) is 4.74 Å². The summed E-state index contributed by atoms with van der Waals surface area (Å²) in [4.78, 5) is 7.24. The fourth-order valence-electron chi connectivity index (χ4n) is 5.17. The Hall–Kier alpha value is -1.64. The Morgan fingerprint density at radius 3 is 2.24 bits per heavy atom. The van der Waals surface area contributed by atoms with Crippen LogP contribution in [-0.4, -0.2) is 62.8 Å². The first kappa shape index (κ1) is 26.0. The summed E-state index contributed by atoms with van der Waals surface area (Å²) in [6.45, 7) is 5.90. The Balaban J connectivity index is 0.00000306. The largest absolute Gasteiger partial charge is 0.381 e. The third-order valence-electron chi connectivity index (χ3n) is 7.12. The molecule has 2 aliphatic heterocycles. The maximum absolute atomic E-state index is 5.70. The maximum atomic E-state index is 5.70. The standard InChI is InChI=1S/C27H38N4O.HI/c1-28-26(30-22-27(14-18-32-19-15-27)31-16-8-9-17-31)29-21-25(24-12-6-3-7-13-24)20-23-10-4-2-5-11-23;/h2-7,10-13,25H,8-9,14-22H2,1H3,(H2,28,29,30);1H. The number of aliphatic imine (C=N–C) groups is 1. The zero-order valence-electron chi connectivity index (χ0n) is 19.8. The fraction of sp³-hybridized carbons (Fsp3) is 0.519. The molecule has 0 aromatic heterocycles. The van der Waals surface area contributed by atoms with E-state index in [9.17, 15) is 0 Å². The predicted molar refractivity (Wildman–Crippen MR) is 148 cm³/mol. The highest BCUT2D eigenvalue weighted by atomic mass is 127. The molecule has 4 rings (SSSR count). The summed E-state index contributed by atoms with van der Waals surface area (Å²) in [6.07, 6.45) is 5.82. The number of guanidine groups is 1. The highest BCUT2D eigenvalue weighted by Gasteiger charge is 2.39. The number of halogens is 1. The van der Waals surface area contributed by atoms with E-state index in [-0.39, 0.29) is 29.5 Å². The summed E-state index contributed by atoms with van der Waals surface area (Å²) < 4.78 is 5.70. The monoisotopic (exact) mass is 562 g/mol. The predicted octanol–water partition coefficient (Wildman–Crippen LogP) is 4.44. The lowest BCUT2D eigenvalue weighted by Gasteiger charge is -2.45. The molecule has 0 bridgehead atoms. The van der Waals surface area contributed by atoms with Gasteiger partial charge in [-0.05, 0) is 56.3 Å². The van der Waals surface area contributed by atoms with E-state index in [0.29, 0.717) is 5.92 Å². The van der Waals surface area contributed by atoms with Crippen molar-refractivity contribution in [2.75, 3.05) is 46.4 Å². The van der Waals surface area contributed by atoms with Crippen LogP contribution in [0.5, 0.6) is 0 Å². The second-order valence-electron chi connectivity index (χ2n) is 9.13. The van der Waals surface area contributed by atoms with Crippen LogP contribution in [0, 0.1) is 0 Å². The average molecular weight is 563 g/mol. The topological polar surface area (TPSA) is 48.9 Å². The van der Waals surface area contributed by atoms with Gasteiger partial charge in [-0.25, -0.2) is 0 Å². The maximum Gasteiger partial charge on any atom is 0.191 e. The molecule has 33 heavy (non-hydrogen) atoms. The van der Waals surface area contributed by atoms with E-state index in [1.807, 2.05) is 7.05 Å². The number of ether oxygens (including phenoxy) is 1. The number of rotatable bonds is 8. The van der Waals surface area contributed by atoms with E-state index in [2.05, 4.69) is 81.2 Å². The molecule has 0 amide bonds. The Morgan fingerprint density at radius 2 is 1.61 bits per heavy atom. The van der Waals surface area contributed by atoms with Crippen LogP contribution < -0.4 is 10.6 Å². The van der Waals surface area contributed by atoms with Gasteiger partial charge in [0.25, 0.3) is 0 Å². The van der Waals surface area contributed by atoms with Gasteiger partial charge in [0.05, 0.1) is 0 Å². The summed E-state index contributed by atoms with van der Waals surface area (Å²) in [6, 6.07) is 21.6. The number of hydrogen-bond donors (Lipinski definition) is 2. The van der Waals surface area contributed by atoms with Gasteiger partial charge in [-0.3, -0.25) is 9.89 Å². The molecular weight excluding hydrogens is 523 g/mol. The van der Waals surface area contributed by atoms with Crippen LogP contribution >= 0.6 is 24.0 Å². The van der Waals surface area contributed by atoms with E-state index in [1.165, 1.54) is 37.1 Å². The van der Waals surface area contributed by atoms with E-state index >= 15 is 0 Å². The SMILES string of the molecule is CN=C(NCC(Cc1ccccc1)c1ccccc1)NCC1(N2CCCC2)CCOCC1.I. The van der Waals surface area contributed by atoms with Gasteiger partial charge >= 0.3 is 0 Å². The first-order valence-corrected chi connectivity index (χ1v) is 12.2. The van der Waals surface area contributed by atoms with Crippen LogP contribution in [0.4, 0.5) is 0 Å². The molecule has 2 aliphatic rings. The van der Waals surface area contributed by atoms with Crippen molar-refractivity contribution in [3.8, 4) is 0 Å². The molecule has 1 unspecified atom stereocenters. The zero-order valence-corrected chi connectivity index (χ0v) is 22.2. The van der Waals surface area contributed by atoms with Gasteiger partial charge in [0.1, 0.15) is 0 Å². The smallest absolute Gasteiger partial charge is 0.191 e. The van der Waals surface area contributed by atoms with Gasteiger partial charge in [-0.15, -0.1) is 24.0 Å². The lowest BCUT2D eigenvalue weighted by atomic mass is 9.88. The van der Waals surface area contributed by atoms with Gasteiger partial charge in [0.2, 0.25) is 0 Å². The molecule has 2 fully saturated rings. The molecule has 0 radical (unpaired) electrons. The van der Waals surface area contributed by atoms with Gasteiger partial charge in [0, 0.05) is 44.8 Å². The molecule has 2 saturated heterocycles. The van der Waals surface area contributed by atoms with Crippen molar-refractivity contribution in [1.29, 1.82) is 0 Å². The molecule has 2 N–H and O–H groups in total. The molecular formula is C27H39IN4O. The number of benzene rings is 2. The molecule has 2 aromatic rings. The minimum atomic E-state index is 0. The summed E-state index contributed by atoms with van der Waals surface area (Å²) in [5, 5.41) is 7.29. The Labute approximate surface area is 216 Å². The number of nitrogens with zero attached hydrogens (tertiary/aromatic N) is 2. The molecule has 6 heteroatoms. The Morgan fingerprint density at radius 1 is 0.970 bits per heavy atom. The van der Waals surface area contributed by atoms with Crippen LogP contribution in [0.1, 0.15) is 42.7 Å². The average Bonchev–Trinajstić information content (AvgIpc) is 3.41. The van der Waals surface area contributed by atoms with Crippen molar-refractivity contribution in [3.63, 3.8) is 0 Å². The highest BCUT2D eigenvalue weighted by molar-refractivity contribution is 14.0. The van der Waals surface area contributed by atoms with Crippen LogP contribution in [0.2, 0.25) is 0 Å². The molecule has 180 valence electrons. The van der Waals surface area contributed by atoms with Crippen molar-refractivity contribution >= 4 is 29.9 Å². The van der Waals surface area contributed by atoms with E-state index < -0.39 is 0 Å². The summed E-state index contributed by atoms with van der Waals surface area (Å²) >= 11 is 0. The quantitative estimate of drug-likeness (QED) is 0.284. The Kier molecular flexibility index (Phi) is 10.5. The van der Waals surface area contributed by atoms with Gasteiger partial charge in [-0.1, -0.05) is 60.7 Å². The molecule has 0 aliphatic carbocycles. The normalized spacial score (nSPS) is 19.5. The number of likely N-dealkylation sites (tertiary alicyclic amines) is 1. The minimum absolute atomic E-state index is 0. The Bertz CT molecular complexity index is 834. The molecule has 2 aromatic carbocycles. The lowest BCUT2D eigenvalue weighted by molar-refractivity contribution is -0.0164. The summed E-state index contributed by atoms with van der Waals surface area (Å²) in [5.41, 5.74) is 2.91. The molecule has 0 saturated carbocycles.